The number of aromatic nitrogens is 3. The van der Waals surface area contributed by atoms with Gasteiger partial charge in [-0.3, -0.25) is 9.59 Å². The average molecular weight is 498 g/mol. The van der Waals surface area contributed by atoms with Gasteiger partial charge in [-0.1, -0.05) is 77.6 Å². The highest BCUT2D eigenvalue weighted by Crippen LogP contribution is 2.29. The molecule has 0 saturated carbocycles. The first-order valence-electron chi connectivity index (χ1n) is 11.3. The second-order valence-corrected chi connectivity index (χ2v) is 9.33. The molecular weight excluding hydrogens is 474 g/mol. The molecule has 0 aliphatic carbocycles. The Kier molecular flexibility index (Phi) is 6.60. The normalized spacial score (nSPS) is 11.7. The van der Waals surface area contributed by atoms with Crippen LogP contribution in [0, 0.1) is 6.92 Å². The number of hydrogen-bond acceptors (Lipinski definition) is 7. The molecule has 0 saturated heterocycles. The fourth-order valence-electron chi connectivity index (χ4n) is 3.73. The predicted octanol–water partition coefficient (Wildman–Crippen LogP) is 3.55. The molecule has 5 rings (SSSR count). The molecule has 2 aromatic heterocycles. The Morgan fingerprint density at radius 2 is 1.72 bits per heavy atom. The smallest absolute Gasteiger partial charge is 0.296 e. The lowest BCUT2D eigenvalue weighted by atomic mass is 10.1. The van der Waals surface area contributed by atoms with Crippen LogP contribution in [0.1, 0.15) is 27.9 Å². The summed E-state index contributed by atoms with van der Waals surface area (Å²) in [6.45, 7) is 2.41. The summed E-state index contributed by atoms with van der Waals surface area (Å²) in [7, 11) is 1.57. The summed E-state index contributed by atoms with van der Waals surface area (Å²) in [5.74, 6) is 1.16. The Hall–Kier alpha value is -4.30. The molecule has 0 radical (unpaired) electrons. The first-order chi connectivity index (χ1) is 17.5. The molecule has 180 valence electrons. The molecule has 36 heavy (non-hydrogen) atoms. The van der Waals surface area contributed by atoms with E-state index in [0.29, 0.717) is 29.1 Å². The number of methoxy groups -OCH3 is 1. The van der Waals surface area contributed by atoms with E-state index in [0.717, 1.165) is 33.6 Å². The molecule has 0 aliphatic heterocycles. The van der Waals surface area contributed by atoms with E-state index < -0.39 is 5.56 Å². The van der Waals surface area contributed by atoms with E-state index in [4.69, 9.17) is 9.47 Å². The summed E-state index contributed by atoms with van der Waals surface area (Å²) < 4.78 is 13.0. The Labute approximate surface area is 210 Å². The lowest BCUT2D eigenvalue weighted by molar-refractivity contribution is 0.284. The van der Waals surface area contributed by atoms with Crippen molar-refractivity contribution < 1.29 is 9.47 Å². The van der Waals surface area contributed by atoms with Crippen LogP contribution in [0.25, 0.3) is 11.0 Å². The number of rotatable bonds is 7. The van der Waals surface area contributed by atoms with Gasteiger partial charge in [0, 0.05) is 6.42 Å². The van der Waals surface area contributed by atoms with Crippen LogP contribution in [-0.2, 0) is 13.0 Å². The van der Waals surface area contributed by atoms with Gasteiger partial charge in [0.15, 0.2) is 11.5 Å². The zero-order valence-electron chi connectivity index (χ0n) is 19.8. The minimum absolute atomic E-state index is 0.236. The number of thiazole rings is 1. The second kappa shape index (κ2) is 10.1. The highest BCUT2D eigenvalue weighted by molar-refractivity contribution is 7.15. The van der Waals surface area contributed by atoms with Crippen molar-refractivity contribution in [3.63, 3.8) is 0 Å². The maximum absolute atomic E-state index is 13.1. The van der Waals surface area contributed by atoms with Crippen LogP contribution in [0.4, 0.5) is 0 Å². The van der Waals surface area contributed by atoms with Crippen LogP contribution in [0.15, 0.2) is 82.4 Å². The second-order valence-electron chi connectivity index (χ2n) is 8.32. The summed E-state index contributed by atoms with van der Waals surface area (Å²) >= 11 is 1.12. The van der Waals surface area contributed by atoms with Crippen molar-refractivity contribution >= 4 is 22.4 Å². The molecule has 0 unspecified atom stereocenters. The molecule has 0 amide bonds. The summed E-state index contributed by atoms with van der Waals surface area (Å²) in [5.41, 5.74) is 3.35. The van der Waals surface area contributed by atoms with E-state index in [2.05, 4.69) is 10.1 Å². The summed E-state index contributed by atoms with van der Waals surface area (Å²) in [4.78, 5) is 30.0. The maximum atomic E-state index is 13.1. The van der Waals surface area contributed by atoms with E-state index in [9.17, 15) is 9.59 Å². The monoisotopic (exact) mass is 497 g/mol. The Balaban J connectivity index is 1.44. The van der Waals surface area contributed by atoms with E-state index in [1.165, 1.54) is 4.52 Å². The fraction of sp³-hybridized carbons (Fsp3) is 0.143. The van der Waals surface area contributed by atoms with Crippen molar-refractivity contribution in [2.45, 2.75) is 20.0 Å². The van der Waals surface area contributed by atoms with Crippen molar-refractivity contribution in [2.24, 2.45) is 0 Å². The van der Waals surface area contributed by atoms with Gasteiger partial charge in [0.2, 0.25) is 4.96 Å². The molecule has 0 spiro atoms. The quantitative estimate of drug-likeness (QED) is 0.342. The molecule has 2 heterocycles. The third kappa shape index (κ3) is 5.04. The molecule has 7 nitrogen and oxygen atoms in total. The molecule has 0 N–H and O–H groups in total. The largest absolute Gasteiger partial charge is 0.493 e. The van der Waals surface area contributed by atoms with E-state index in [1.54, 1.807) is 19.3 Å². The fourth-order valence-corrected chi connectivity index (χ4v) is 4.64. The van der Waals surface area contributed by atoms with Crippen molar-refractivity contribution in [3.05, 3.63) is 126 Å². The predicted molar refractivity (Wildman–Crippen MR) is 140 cm³/mol. The molecule has 5 aromatic rings. The summed E-state index contributed by atoms with van der Waals surface area (Å²) in [6.07, 6.45) is 2.04. The third-order valence-corrected chi connectivity index (χ3v) is 6.62. The minimum Gasteiger partial charge on any atom is -0.493 e. The molecule has 0 bridgehead atoms. The Morgan fingerprint density at radius 3 is 2.47 bits per heavy atom. The standard InChI is InChI=1S/C28H23N3O4S/c1-18-8-10-19(11-9-18)14-22-26(32)29-28-31(30-22)27(33)25(36-28)16-21-12-13-23(24(15-21)34-2)35-17-20-6-4-3-5-7-20/h3-13,15-16H,14,17H2,1-2H3. The number of benzene rings is 3. The van der Waals surface area contributed by atoms with Gasteiger partial charge in [0.05, 0.1) is 11.6 Å². The van der Waals surface area contributed by atoms with Crippen molar-refractivity contribution in [3.8, 4) is 11.5 Å². The van der Waals surface area contributed by atoms with Gasteiger partial charge in [-0.05, 0) is 41.8 Å². The van der Waals surface area contributed by atoms with Gasteiger partial charge in [0.1, 0.15) is 12.3 Å². The summed E-state index contributed by atoms with van der Waals surface area (Å²) in [6, 6.07) is 23.2. The summed E-state index contributed by atoms with van der Waals surface area (Å²) in [5, 5.41) is 4.33. The minimum atomic E-state index is -0.426. The lowest BCUT2D eigenvalue weighted by Crippen LogP contribution is -2.28. The zero-order valence-corrected chi connectivity index (χ0v) is 20.6. The van der Waals surface area contributed by atoms with Crippen molar-refractivity contribution in [1.29, 1.82) is 0 Å². The molecule has 0 atom stereocenters. The van der Waals surface area contributed by atoms with Crippen LogP contribution in [0.5, 0.6) is 11.5 Å². The van der Waals surface area contributed by atoms with Gasteiger partial charge < -0.3 is 9.47 Å². The highest BCUT2D eigenvalue weighted by atomic mass is 32.1. The SMILES string of the molecule is COc1cc(C=c2sc3nc(=O)c(Cc4ccc(C)cc4)nn3c2=O)ccc1OCc1ccccc1. The first kappa shape index (κ1) is 23.4. The third-order valence-electron chi connectivity index (χ3n) is 5.67. The number of fused-ring (bicyclic) bond motifs is 1. The van der Waals surface area contributed by atoms with E-state index in [1.807, 2.05) is 73.7 Å². The number of ether oxygens (including phenoxy) is 2. The average Bonchev–Trinajstić information content (AvgIpc) is 3.19. The first-order valence-corrected chi connectivity index (χ1v) is 12.2. The number of aryl methyl sites for hydroxylation is 1. The van der Waals surface area contributed by atoms with Gasteiger partial charge in [-0.25, -0.2) is 0 Å². The van der Waals surface area contributed by atoms with Gasteiger partial charge >= 0.3 is 0 Å². The van der Waals surface area contributed by atoms with Crippen LogP contribution in [-0.4, -0.2) is 21.7 Å². The maximum Gasteiger partial charge on any atom is 0.296 e. The highest BCUT2D eigenvalue weighted by Gasteiger charge is 2.12. The number of hydrogen-bond donors (Lipinski definition) is 0. The molecular formula is C28H23N3O4S. The molecule has 0 aliphatic rings. The lowest BCUT2D eigenvalue weighted by Gasteiger charge is -2.11. The van der Waals surface area contributed by atoms with Gasteiger partial charge in [-0.2, -0.15) is 14.6 Å². The van der Waals surface area contributed by atoms with Crippen LogP contribution >= 0.6 is 11.3 Å². The Bertz CT molecular complexity index is 1690. The molecule has 0 fully saturated rings. The van der Waals surface area contributed by atoms with Gasteiger partial charge in [0.25, 0.3) is 11.1 Å². The zero-order chi connectivity index (χ0) is 25.1. The Morgan fingerprint density at radius 1 is 0.944 bits per heavy atom. The van der Waals surface area contributed by atoms with E-state index in [-0.39, 0.29) is 16.2 Å². The number of nitrogens with zero attached hydrogens (tertiary/aromatic N) is 3. The van der Waals surface area contributed by atoms with E-state index >= 15 is 0 Å². The topological polar surface area (TPSA) is 82.8 Å². The molecule has 8 heteroatoms. The molecule has 3 aromatic carbocycles. The van der Waals surface area contributed by atoms with Crippen LogP contribution in [0.2, 0.25) is 0 Å². The van der Waals surface area contributed by atoms with Gasteiger partial charge in [-0.15, -0.1) is 0 Å². The van der Waals surface area contributed by atoms with Crippen LogP contribution < -0.4 is 25.1 Å². The van der Waals surface area contributed by atoms with Crippen molar-refractivity contribution in [2.75, 3.05) is 7.11 Å². The van der Waals surface area contributed by atoms with Crippen LogP contribution in [0.3, 0.4) is 0 Å². The van der Waals surface area contributed by atoms with Crippen molar-refractivity contribution in [1.82, 2.24) is 14.6 Å².